The molecule has 4 nitrogen and oxygen atoms in total. The molecule has 5 heteroatoms. The number of halogens is 1. The fraction of sp³-hybridized carbons (Fsp3) is 0.267. The van der Waals surface area contributed by atoms with Crippen molar-refractivity contribution < 1.29 is 9.47 Å². The van der Waals surface area contributed by atoms with Crippen LogP contribution in [0.15, 0.2) is 35.1 Å². The van der Waals surface area contributed by atoms with Crippen LogP contribution in [-0.4, -0.2) is 18.2 Å². The molecule has 0 atom stereocenters. The van der Waals surface area contributed by atoms with Gasteiger partial charge >= 0.3 is 0 Å². The van der Waals surface area contributed by atoms with E-state index in [1.54, 1.807) is 6.20 Å². The summed E-state index contributed by atoms with van der Waals surface area (Å²) in [4.78, 5) is 4.13. The third kappa shape index (κ3) is 2.72. The zero-order chi connectivity index (χ0) is 13.9. The minimum absolute atomic E-state index is 0.595. The van der Waals surface area contributed by atoms with Crippen molar-refractivity contribution in [3.8, 4) is 11.5 Å². The van der Waals surface area contributed by atoms with Gasteiger partial charge in [-0.3, -0.25) is 4.98 Å². The van der Waals surface area contributed by atoms with Crippen LogP contribution in [0.5, 0.6) is 11.5 Å². The number of benzene rings is 1. The number of nitrogens with zero attached hydrogens (tertiary/aromatic N) is 1. The van der Waals surface area contributed by atoms with E-state index < -0.39 is 0 Å². The van der Waals surface area contributed by atoms with Gasteiger partial charge in [0.1, 0.15) is 13.2 Å². The van der Waals surface area contributed by atoms with Gasteiger partial charge in [0.15, 0.2) is 11.5 Å². The van der Waals surface area contributed by atoms with E-state index in [0.717, 1.165) is 27.2 Å². The monoisotopic (exact) mass is 334 g/mol. The first-order valence-electron chi connectivity index (χ1n) is 6.46. The Morgan fingerprint density at radius 1 is 1.30 bits per heavy atom. The van der Waals surface area contributed by atoms with Gasteiger partial charge in [0.25, 0.3) is 0 Å². The third-order valence-electron chi connectivity index (χ3n) is 3.18. The minimum atomic E-state index is 0.595. The number of ether oxygens (including phenoxy) is 2. The van der Waals surface area contributed by atoms with E-state index in [1.165, 1.54) is 5.56 Å². The molecule has 3 rings (SSSR count). The number of aryl methyl sites for hydroxylation is 1. The highest BCUT2D eigenvalue weighted by atomic mass is 79.9. The van der Waals surface area contributed by atoms with Crippen molar-refractivity contribution in [1.82, 2.24) is 4.98 Å². The molecule has 1 aliphatic rings. The van der Waals surface area contributed by atoms with E-state index in [2.05, 4.69) is 33.2 Å². The highest BCUT2D eigenvalue weighted by molar-refractivity contribution is 9.10. The molecule has 0 radical (unpaired) electrons. The number of hydrogen-bond acceptors (Lipinski definition) is 4. The second kappa shape index (κ2) is 5.71. The van der Waals surface area contributed by atoms with Crippen LogP contribution in [0.3, 0.4) is 0 Å². The lowest BCUT2D eigenvalue weighted by Crippen LogP contribution is -2.16. The van der Waals surface area contributed by atoms with Crippen LogP contribution in [0.1, 0.15) is 11.1 Å². The third-order valence-corrected chi connectivity index (χ3v) is 3.77. The predicted octanol–water partition coefficient (Wildman–Crippen LogP) is 3.54. The van der Waals surface area contributed by atoms with Crippen molar-refractivity contribution in [2.24, 2.45) is 0 Å². The maximum absolute atomic E-state index is 5.63. The molecule has 20 heavy (non-hydrogen) atoms. The summed E-state index contributed by atoms with van der Waals surface area (Å²) in [5, 5.41) is 3.38. The number of nitrogens with one attached hydrogen (secondary N) is 1. The first-order valence-corrected chi connectivity index (χ1v) is 7.26. The summed E-state index contributed by atoms with van der Waals surface area (Å²) in [5.41, 5.74) is 3.35. The quantitative estimate of drug-likeness (QED) is 0.932. The summed E-state index contributed by atoms with van der Waals surface area (Å²) >= 11 is 3.53. The number of aromatic nitrogens is 1. The van der Waals surface area contributed by atoms with E-state index in [1.807, 2.05) is 24.4 Å². The van der Waals surface area contributed by atoms with Crippen molar-refractivity contribution in [3.63, 3.8) is 0 Å². The van der Waals surface area contributed by atoms with Crippen LogP contribution in [-0.2, 0) is 6.54 Å². The van der Waals surface area contributed by atoms with Crippen LogP contribution in [0.2, 0.25) is 0 Å². The first kappa shape index (κ1) is 13.2. The van der Waals surface area contributed by atoms with Crippen molar-refractivity contribution >= 4 is 21.6 Å². The molecule has 104 valence electrons. The fourth-order valence-electron chi connectivity index (χ4n) is 2.11. The largest absolute Gasteiger partial charge is 0.486 e. The first-order chi connectivity index (χ1) is 9.74. The highest BCUT2D eigenvalue weighted by Crippen LogP contribution is 2.38. The van der Waals surface area contributed by atoms with Crippen molar-refractivity contribution in [2.75, 3.05) is 18.5 Å². The molecule has 0 spiro atoms. The van der Waals surface area contributed by atoms with Crippen LogP contribution in [0.25, 0.3) is 0 Å². The lowest BCUT2D eigenvalue weighted by molar-refractivity contribution is 0.170. The maximum atomic E-state index is 5.63. The summed E-state index contributed by atoms with van der Waals surface area (Å²) in [5.74, 6) is 1.59. The Hall–Kier alpha value is -1.75. The molecule has 2 aromatic rings. The van der Waals surface area contributed by atoms with E-state index in [4.69, 9.17) is 9.47 Å². The number of pyridine rings is 1. The van der Waals surface area contributed by atoms with Gasteiger partial charge in [-0.1, -0.05) is 0 Å². The minimum Gasteiger partial charge on any atom is -0.486 e. The number of rotatable bonds is 3. The normalized spacial score (nSPS) is 13.1. The van der Waals surface area contributed by atoms with Gasteiger partial charge in [0, 0.05) is 12.7 Å². The highest BCUT2D eigenvalue weighted by Gasteiger charge is 2.16. The molecular weight excluding hydrogens is 320 g/mol. The van der Waals surface area contributed by atoms with E-state index >= 15 is 0 Å². The Morgan fingerprint density at radius 3 is 3.00 bits per heavy atom. The Bertz CT molecular complexity index is 631. The van der Waals surface area contributed by atoms with Gasteiger partial charge in [-0.05, 0) is 52.2 Å². The lowest BCUT2D eigenvalue weighted by Gasteiger charge is -2.20. The summed E-state index contributed by atoms with van der Waals surface area (Å²) < 4.78 is 12.1. The van der Waals surface area contributed by atoms with Gasteiger partial charge in [-0.25, -0.2) is 0 Å². The zero-order valence-electron chi connectivity index (χ0n) is 11.1. The Labute approximate surface area is 126 Å². The molecule has 0 saturated heterocycles. The van der Waals surface area contributed by atoms with Crippen LogP contribution in [0.4, 0.5) is 5.69 Å². The molecule has 0 bridgehead atoms. The molecule has 0 saturated carbocycles. The van der Waals surface area contributed by atoms with Crippen LogP contribution in [0, 0.1) is 6.92 Å². The lowest BCUT2D eigenvalue weighted by atomic mass is 10.2. The molecule has 1 aliphatic heterocycles. The summed E-state index contributed by atoms with van der Waals surface area (Å²) in [6.45, 7) is 3.96. The van der Waals surface area contributed by atoms with Gasteiger partial charge in [-0.2, -0.15) is 0 Å². The van der Waals surface area contributed by atoms with Crippen molar-refractivity contribution in [3.05, 3.63) is 46.2 Å². The van der Waals surface area contributed by atoms with E-state index in [-0.39, 0.29) is 0 Å². The number of fused-ring (bicyclic) bond motifs is 1. The van der Waals surface area contributed by atoms with Crippen LogP contribution < -0.4 is 14.8 Å². The van der Waals surface area contributed by atoms with E-state index in [0.29, 0.717) is 19.8 Å². The molecule has 0 unspecified atom stereocenters. The zero-order valence-corrected chi connectivity index (χ0v) is 12.7. The average Bonchev–Trinajstić information content (AvgIpc) is 2.46. The predicted molar refractivity (Wildman–Crippen MR) is 81.4 cm³/mol. The second-order valence-corrected chi connectivity index (χ2v) is 5.50. The van der Waals surface area contributed by atoms with Gasteiger partial charge in [0.2, 0.25) is 0 Å². The van der Waals surface area contributed by atoms with Crippen LogP contribution >= 0.6 is 15.9 Å². The smallest absolute Gasteiger partial charge is 0.175 e. The van der Waals surface area contributed by atoms with Gasteiger partial charge in [0.05, 0.1) is 16.4 Å². The Morgan fingerprint density at radius 2 is 2.15 bits per heavy atom. The molecule has 0 fully saturated rings. The molecule has 0 amide bonds. The van der Waals surface area contributed by atoms with Gasteiger partial charge < -0.3 is 14.8 Å². The Kier molecular flexibility index (Phi) is 3.78. The number of hydrogen-bond donors (Lipinski definition) is 1. The maximum Gasteiger partial charge on any atom is 0.175 e. The SMILES string of the molecule is Cc1ccncc1NCc1cc(Br)c2c(c1)OCCO2. The summed E-state index contributed by atoms with van der Waals surface area (Å²) in [6.07, 6.45) is 3.63. The molecule has 0 aliphatic carbocycles. The summed E-state index contributed by atoms with van der Waals surface area (Å²) in [7, 11) is 0. The topological polar surface area (TPSA) is 43.4 Å². The second-order valence-electron chi connectivity index (χ2n) is 4.65. The van der Waals surface area contributed by atoms with Gasteiger partial charge in [-0.15, -0.1) is 0 Å². The molecule has 1 N–H and O–H groups in total. The molecule has 2 heterocycles. The molecule has 1 aromatic heterocycles. The van der Waals surface area contributed by atoms with E-state index in [9.17, 15) is 0 Å². The standard InChI is InChI=1S/C15H15BrN2O2/c1-10-2-3-17-9-13(10)18-8-11-6-12(16)15-14(7-11)19-4-5-20-15/h2-3,6-7,9,18H,4-5,8H2,1H3. The average molecular weight is 335 g/mol. The molecule has 1 aromatic carbocycles. The molecular formula is C15H15BrN2O2. The summed E-state index contributed by atoms with van der Waals surface area (Å²) in [6, 6.07) is 6.05. The van der Waals surface area contributed by atoms with Crippen molar-refractivity contribution in [2.45, 2.75) is 13.5 Å². The van der Waals surface area contributed by atoms with Crippen molar-refractivity contribution in [1.29, 1.82) is 0 Å². The fourth-order valence-corrected chi connectivity index (χ4v) is 2.72. The number of anilines is 1. The Balaban J connectivity index is 1.78.